The Morgan fingerprint density at radius 1 is 1.21 bits per heavy atom. The average molecular weight is 325 g/mol. The number of rotatable bonds is 2. The summed E-state index contributed by atoms with van der Waals surface area (Å²) in [5.41, 5.74) is 2.41. The normalized spacial score (nSPS) is 19.2. The van der Waals surface area contributed by atoms with Crippen LogP contribution in [0.5, 0.6) is 5.75 Å². The molecular weight excluding hydrogens is 302 g/mol. The Bertz CT molecular complexity index is 725. The van der Waals surface area contributed by atoms with Crippen LogP contribution in [0.1, 0.15) is 29.8 Å². The highest BCUT2D eigenvalue weighted by Gasteiger charge is 2.43. The first kappa shape index (κ1) is 15.4. The number of aryl methyl sites for hydroxylation is 1. The van der Waals surface area contributed by atoms with E-state index in [-0.39, 0.29) is 5.60 Å². The summed E-state index contributed by atoms with van der Waals surface area (Å²) in [6, 6.07) is 8.33. The van der Waals surface area contributed by atoms with Gasteiger partial charge in [0.05, 0.1) is 13.7 Å². The SMILES string of the molecule is COc1cccc2c1C1(CCN(c3ccnc(C)n3)CC1)OCC2. The largest absolute Gasteiger partial charge is 0.496 e. The van der Waals surface area contributed by atoms with E-state index in [1.807, 2.05) is 19.2 Å². The van der Waals surface area contributed by atoms with Gasteiger partial charge in [-0.2, -0.15) is 0 Å². The van der Waals surface area contributed by atoms with Crippen LogP contribution in [-0.2, 0) is 16.8 Å². The lowest BCUT2D eigenvalue weighted by molar-refractivity contribution is -0.0780. The van der Waals surface area contributed by atoms with Gasteiger partial charge in [0.25, 0.3) is 0 Å². The molecule has 126 valence electrons. The minimum Gasteiger partial charge on any atom is -0.496 e. The number of benzene rings is 1. The second-order valence-corrected chi connectivity index (χ2v) is 6.54. The summed E-state index contributed by atoms with van der Waals surface area (Å²) in [7, 11) is 1.75. The molecule has 0 radical (unpaired) electrons. The average Bonchev–Trinajstić information content (AvgIpc) is 2.62. The molecule has 0 bridgehead atoms. The lowest BCUT2D eigenvalue weighted by Crippen LogP contribution is -2.47. The van der Waals surface area contributed by atoms with Gasteiger partial charge < -0.3 is 14.4 Å². The summed E-state index contributed by atoms with van der Waals surface area (Å²) >= 11 is 0. The Kier molecular flexibility index (Phi) is 3.88. The fourth-order valence-corrected chi connectivity index (χ4v) is 4.01. The second-order valence-electron chi connectivity index (χ2n) is 6.54. The van der Waals surface area contributed by atoms with Gasteiger partial charge in [0.15, 0.2) is 0 Å². The molecule has 2 aliphatic heterocycles. The molecule has 1 spiro atoms. The van der Waals surface area contributed by atoms with Gasteiger partial charge in [-0.05, 0) is 43.9 Å². The van der Waals surface area contributed by atoms with Gasteiger partial charge >= 0.3 is 0 Å². The lowest BCUT2D eigenvalue weighted by atomic mass is 9.79. The van der Waals surface area contributed by atoms with E-state index < -0.39 is 0 Å². The Morgan fingerprint density at radius 3 is 2.79 bits per heavy atom. The van der Waals surface area contributed by atoms with Crippen molar-refractivity contribution in [2.45, 2.75) is 31.8 Å². The summed E-state index contributed by atoms with van der Waals surface area (Å²) in [4.78, 5) is 11.1. The number of methoxy groups -OCH3 is 1. The molecule has 2 aliphatic rings. The minimum atomic E-state index is -0.223. The van der Waals surface area contributed by atoms with Crippen LogP contribution >= 0.6 is 0 Å². The molecule has 3 heterocycles. The van der Waals surface area contributed by atoms with E-state index >= 15 is 0 Å². The third kappa shape index (κ3) is 2.53. The highest BCUT2D eigenvalue weighted by molar-refractivity contribution is 5.48. The summed E-state index contributed by atoms with van der Waals surface area (Å²) in [6.45, 7) is 4.56. The van der Waals surface area contributed by atoms with E-state index in [1.54, 1.807) is 7.11 Å². The maximum Gasteiger partial charge on any atom is 0.132 e. The van der Waals surface area contributed by atoms with Gasteiger partial charge in [0.2, 0.25) is 0 Å². The molecule has 0 atom stereocenters. The topological polar surface area (TPSA) is 47.5 Å². The van der Waals surface area contributed by atoms with Gasteiger partial charge in [-0.1, -0.05) is 12.1 Å². The smallest absolute Gasteiger partial charge is 0.132 e. The van der Waals surface area contributed by atoms with Gasteiger partial charge in [-0.15, -0.1) is 0 Å². The van der Waals surface area contributed by atoms with Crippen molar-refractivity contribution in [3.05, 3.63) is 47.4 Å². The van der Waals surface area contributed by atoms with E-state index in [0.717, 1.165) is 56.4 Å². The maximum atomic E-state index is 6.34. The van der Waals surface area contributed by atoms with Crippen LogP contribution in [-0.4, -0.2) is 36.8 Å². The first-order chi connectivity index (χ1) is 11.7. The predicted molar refractivity (Wildman–Crippen MR) is 92.5 cm³/mol. The van der Waals surface area contributed by atoms with Crippen LogP contribution in [0, 0.1) is 6.92 Å². The Morgan fingerprint density at radius 2 is 2.04 bits per heavy atom. The van der Waals surface area contributed by atoms with Gasteiger partial charge in [-0.3, -0.25) is 0 Å². The van der Waals surface area contributed by atoms with Crippen LogP contribution in [0.2, 0.25) is 0 Å². The fraction of sp³-hybridized carbons (Fsp3) is 0.474. The quantitative estimate of drug-likeness (QED) is 0.850. The monoisotopic (exact) mass is 325 g/mol. The summed E-state index contributed by atoms with van der Waals surface area (Å²) in [5, 5.41) is 0. The molecule has 5 heteroatoms. The Labute approximate surface area is 142 Å². The molecule has 1 fully saturated rings. The van der Waals surface area contributed by atoms with Crippen LogP contribution < -0.4 is 9.64 Å². The predicted octanol–water partition coefficient (Wildman–Crippen LogP) is 2.86. The van der Waals surface area contributed by atoms with E-state index in [1.165, 1.54) is 11.1 Å². The molecule has 0 unspecified atom stereocenters. The first-order valence-electron chi connectivity index (χ1n) is 8.57. The zero-order chi connectivity index (χ0) is 16.6. The molecular formula is C19H23N3O2. The number of ether oxygens (including phenoxy) is 2. The number of hydrogen-bond donors (Lipinski definition) is 0. The minimum absolute atomic E-state index is 0.223. The first-order valence-corrected chi connectivity index (χ1v) is 8.57. The Balaban J connectivity index is 1.62. The van der Waals surface area contributed by atoms with Crippen molar-refractivity contribution >= 4 is 5.82 Å². The number of anilines is 1. The van der Waals surface area contributed by atoms with Crippen LogP contribution in [0.25, 0.3) is 0 Å². The zero-order valence-electron chi connectivity index (χ0n) is 14.3. The molecule has 4 rings (SSSR count). The van der Waals surface area contributed by atoms with E-state index in [2.05, 4.69) is 33.1 Å². The van der Waals surface area contributed by atoms with E-state index in [4.69, 9.17) is 9.47 Å². The molecule has 1 aromatic heterocycles. The number of aromatic nitrogens is 2. The number of fused-ring (bicyclic) bond motifs is 2. The zero-order valence-corrected chi connectivity index (χ0v) is 14.3. The van der Waals surface area contributed by atoms with Gasteiger partial charge in [0.1, 0.15) is 23.0 Å². The molecule has 0 saturated carbocycles. The molecule has 24 heavy (non-hydrogen) atoms. The summed E-state index contributed by atoms with van der Waals surface area (Å²) in [5.74, 6) is 2.78. The van der Waals surface area contributed by atoms with Crippen LogP contribution in [0.15, 0.2) is 30.5 Å². The fourth-order valence-electron chi connectivity index (χ4n) is 4.01. The van der Waals surface area contributed by atoms with E-state index in [0.29, 0.717) is 0 Å². The lowest BCUT2D eigenvalue weighted by Gasteiger charge is -2.45. The summed E-state index contributed by atoms with van der Waals surface area (Å²) < 4.78 is 12.0. The van der Waals surface area contributed by atoms with Gasteiger partial charge in [0, 0.05) is 24.8 Å². The van der Waals surface area contributed by atoms with Gasteiger partial charge in [-0.25, -0.2) is 9.97 Å². The molecule has 0 aliphatic carbocycles. The standard InChI is InChI=1S/C19H23N3O2/c1-14-20-10-6-17(21-14)22-11-8-19(9-12-22)18-15(7-13-24-19)4-3-5-16(18)23-2/h3-6,10H,7-9,11-13H2,1-2H3. The Hall–Kier alpha value is -2.14. The molecule has 0 amide bonds. The second kappa shape index (κ2) is 6.06. The van der Waals surface area contributed by atoms with E-state index in [9.17, 15) is 0 Å². The molecule has 1 saturated heterocycles. The van der Waals surface area contributed by atoms with Crippen molar-refractivity contribution in [2.24, 2.45) is 0 Å². The van der Waals surface area contributed by atoms with Crippen molar-refractivity contribution in [3.8, 4) is 5.75 Å². The highest BCUT2D eigenvalue weighted by Crippen LogP contribution is 2.46. The number of hydrogen-bond acceptors (Lipinski definition) is 5. The molecule has 0 N–H and O–H groups in total. The van der Waals surface area contributed by atoms with Crippen molar-refractivity contribution in [3.63, 3.8) is 0 Å². The maximum absolute atomic E-state index is 6.34. The number of nitrogens with zero attached hydrogens (tertiary/aromatic N) is 3. The molecule has 2 aromatic rings. The highest BCUT2D eigenvalue weighted by atomic mass is 16.5. The molecule has 5 nitrogen and oxygen atoms in total. The van der Waals surface area contributed by atoms with Crippen molar-refractivity contribution in [1.29, 1.82) is 0 Å². The third-order valence-corrected chi connectivity index (χ3v) is 5.19. The van der Waals surface area contributed by atoms with Crippen LogP contribution in [0.4, 0.5) is 5.82 Å². The number of piperidine rings is 1. The van der Waals surface area contributed by atoms with Crippen molar-refractivity contribution in [2.75, 3.05) is 31.7 Å². The van der Waals surface area contributed by atoms with Crippen LogP contribution in [0.3, 0.4) is 0 Å². The van der Waals surface area contributed by atoms with Crippen molar-refractivity contribution in [1.82, 2.24) is 9.97 Å². The summed E-state index contributed by atoms with van der Waals surface area (Å²) in [6.07, 6.45) is 4.69. The van der Waals surface area contributed by atoms with Crippen molar-refractivity contribution < 1.29 is 9.47 Å². The molecule has 1 aromatic carbocycles. The third-order valence-electron chi connectivity index (χ3n) is 5.19.